The predicted molar refractivity (Wildman–Crippen MR) is 74.7 cm³/mol. The van der Waals surface area contributed by atoms with E-state index in [1.807, 2.05) is 18.2 Å². The third kappa shape index (κ3) is 3.17. The first-order valence-electron chi connectivity index (χ1n) is 6.39. The predicted octanol–water partition coefficient (Wildman–Crippen LogP) is 2.44. The highest BCUT2D eigenvalue weighted by molar-refractivity contribution is 6.02. The molecule has 0 saturated carbocycles. The minimum Gasteiger partial charge on any atom is -0.496 e. The van der Waals surface area contributed by atoms with Gasteiger partial charge in [-0.1, -0.05) is 17.3 Å². The molecule has 0 aromatic heterocycles. The highest BCUT2D eigenvalue weighted by Crippen LogP contribution is 2.29. The van der Waals surface area contributed by atoms with Gasteiger partial charge in [-0.2, -0.15) is 0 Å². The van der Waals surface area contributed by atoms with Gasteiger partial charge in [0, 0.05) is 11.1 Å². The average molecular weight is 275 g/mol. The van der Waals surface area contributed by atoms with E-state index in [2.05, 4.69) is 9.89 Å². The summed E-state index contributed by atoms with van der Waals surface area (Å²) in [6.45, 7) is 0. The van der Waals surface area contributed by atoms with Crippen LogP contribution in [0.25, 0.3) is 0 Å². The second-order valence-electron chi connectivity index (χ2n) is 4.31. The number of rotatable bonds is 4. The summed E-state index contributed by atoms with van der Waals surface area (Å²) in [4.78, 5) is 15.9. The fraction of sp³-hybridized carbons (Fsp3) is 0.333. The van der Waals surface area contributed by atoms with Gasteiger partial charge in [-0.15, -0.1) is 0 Å². The molecule has 1 aliphatic rings. The number of carbonyl (C=O) groups excluding carboxylic acids is 1. The van der Waals surface area contributed by atoms with Crippen molar-refractivity contribution in [1.82, 2.24) is 0 Å². The van der Waals surface area contributed by atoms with Crippen LogP contribution in [0.1, 0.15) is 24.0 Å². The molecule has 0 unspecified atom stereocenters. The number of carbonyl (C=O) groups is 1. The number of methoxy groups -OCH3 is 2. The molecule has 2 rings (SSSR count). The fourth-order valence-corrected chi connectivity index (χ4v) is 2.20. The number of oxime groups is 1. The molecule has 0 fully saturated rings. The number of fused-ring (bicyclic) bond motifs is 1. The van der Waals surface area contributed by atoms with E-state index in [0.717, 1.165) is 41.9 Å². The summed E-state index contributed by atoms with van der Waals surface area (Å²) in [6, 6.07) is 5.88. The lowest BCUT2D eigenvalue weighted by Gasteiger charge is -2.19. The zero-order valence-corrected chi connectivity index (χ0v) is 11.6. The van der Waals surface area contributed by atoms with Gasteiger partial charge in [0.1, 0.15) is 12.0 Å². The van der Waals surface area contributed by atoms with Gasteiger partial charge in [0.2, 0.25) is 0 Å². The first kappa shape index (κ1) is 14.1. The lowest BCUT2D eigenvalue weighted by atomic mass is 9.89. The number of hydrogen-bond donors (Lipinski definition) is 0. The minimum absolute atomic E-state index is 0.476. The van der Waals surface area contributed by atoms with Crippen molar-refractivity contribution in [2.45, 2.75) is 19.3 Å². The van der Waals surface area contributed by atoms with Crippen molar-refractivity contribution < 1.29 is 19.1 Å². The van der Waals surface area contributed by atoms with Gasteiger partial charge in [0.25, 0.3) is 0 Å². The lowest BCUT2D eigenvalue weighted by Crippen LogP contribution is -2.13. The van der Waals surface area contributed by atoms with Crippen molar-refractivity contribution in [2.24, 2.45) is 5.16 Å². The number of hydrogen-bond acceptors (Lipinski definition) is 5. The highest BCUT2D eigenvalue weighted by atomic mass is 16.6. The van der Waals surface area contributed by atoms with E-state index >= 15 is 0 Å². The molecule has 0 N–H and O–H groups in total. The average Bonchev–Trinajstić information content (AvgIpc) is 2.50. The molecule has 0 radical (unpaired) electrons. The maximum Gasteiger partial charge on any atom is 0.333 e. The molecule has 0 bridgehead atoms. The Balaban J connectivity index is 2.16. The molecule has 0 heterocycles. The van der Waals surface area contributed by atoms with E-state index in [1.165, 1.54) is 19.4 Å². The Morgan fingerprint density at radius 2 is 2.15 bits per heavy atom. The summed E-state index contributed by atoms with van der Waals surface area (Å²) in [5.41, 5.74) is 3.06. The Labute approximate surface area is 117 Å². The molecular formula is C15H17NO4. The van der Waals surface area contributed by atoms with Gasteiger partial charge in [-0.3, -0.25) is 0 Å². The number of benzene rings is 1. The van der Waals surface area contributed by atoms with Crippen molar-refractivity contribution in [1.29, 1.82) is 0 Å². The van der Waals surface area contributed by atoms with Crippen LogP contribution in [0.15, 0.2) is 35.7 Å². The van der Waals surface area contributed by atoms with Crippen LogP contribution < -0.4 is 4.74 Å². The zero-order chi connectivity index (χ0) is 14.4. The summed E-state index contributed by atoms with van der Waals surface area (Å²) in [6.07, 6.45) is 5.20. The van der Waals surface area contributed by atoms with Gasteiger partial charge in [0.05, 0.1) is 26.0 Å². The first-order chi connectivity index (χ1) is 9.76. The van der Waals surface area contributed by atoms with Gasteiger partial charge in [-0.25, -0.2) is 4.79 Å². The van der Waals surface area contributed by atoms with E-state index in [4.69, 9.17) is 9.57 Å². The Hall–Kier alpha value is -2.30. The third-order valence-electron chi connectivity index (χ3n) is 3.13. The van der Waals surface area contributed by atoms with Crippen LogP contribution in [0.5, 0.6) is 5.75 Å². The molecule has 0 spiro atoms. The molecule has 1 aromatic rings. The molecular weight excluding hydrogens is 258 g/mol. The Bertz CT molecular complexity index is 549. The van der Waals surface area contributed by atoms with E-state index in [0.29, 0.717) is 0 Å². The zero-order valence-electron chi connectivity index (χ0n) is 11.6. The molecule has 106 valence electrons. The largest absolute Gasteiger partial charge is 0.496 e. The molecule has 0 amide bonds. The van der Waals surface area contributed by atoms with Gasteiger partial charge >= 0.3 is 5.97 Å². The van der Waals surface area contributed by atoms with E-state index in [9.17, 15) is 4.79 Å². The van der Waals surface area contributed by atoms with E-state index < -0.39 is 5.97 Å². The van der Waals surface area contributed by atoms with E-state index in [-0.39, 0.29) is 0 Å². The van der Waals surface area contributed by atoms with Crippen molar-refractivity contribution in [3.8, 4) is 5.75 Å². The van der Waals surface area contributed by atoms with Crippen LogP contribution in [0.2, 0.25) is 0 Å². The smallest absolute Gasteiger partial charge is 0.333 e. The Kier molecular flexibility index (Phi) is 4.76. The quantitative estimate of drug-likeness (QED) is 0.366. The Morgan fingerprint density at radius 1 is 1.30 bits per heavy atom. The summed E-state index contributed by atoms with van der Waals surface area (Å²) in [5.74, 6) is 0.399. The fourth-order valence-electron chi connectivity index (χ4n) is 2.20. The Morgan fingerprint density at radius 3 is 2.90 bits per heavy atom. The molecule has 0 saturated heterocycles. The van der Waals surface area contributed by atoms with E-state index in [1.54, 1.807) is 7.11 Å². The van der Waals surface area contributed by atoms with Crippen molar-refractivity contribution >= 4 is 11.7 Å². The number of esters is 1. The maximum absolute atomic E-state index is 10.9. The highest BCUT2D eigenvalue weighted by Gasteiger charge is 2.19. The first-order valence-corrected chi connectivity index (χ1v) is 6.39. The van der Waals surface area contributed by atoms with Gasteiger partial charge < -0.3 is 14.3 Å². The SMILES string of the molecule is COC(=O)C=CON=C1CCCc2c(OC)cccc21. The normalized spacial score (nSPS) is 16.0. The van der Waals surface area contributed by atoms with Gasteiger partial charge in [0.15, 0.2) is 0 Å². The second-order valence-corrected chi connectivity index (χ2v) is 4.31. The van der Waals surface area contributed by atoms with Crippen LogP contribution in [0.3, 0.4) is 0 Å². The second kappa shape index (κ2) is 6.75. The summed E-state index contributed by atoms with van der Waals surface area (Å²) in [7, 11) is 2.97. The van der Waals surface area contributed by atoms with Gasteiger partial charge in [-0.05, 0) is 25.3 Å². The monoisotopic (exact) mass is 275 g/mol. The molecule has 1 aromatic carbocycles. The number of nitrogens with zero attached hydrogens (tertiary/aromatic N) is 1. The van der Waals surface area contributed by atoms with Crippen LogP contribution >= 0.6 is 0 Å². The molecule has 20 heavy (non-hydrogen) atoms. The molecule has 0 aliphatic heterocycles. The van der Waals surface area contributed by atoms with Crippen molar-refractivity contribution in [2.75, 3.05) is 14.2 Å². The van der Waals surface area contributed by atoms with Crippen LogP contribution in [0, 0.1) is 0 Å². The minimum atomic E-state index is -0.476. The van der Waals surface area contributed by atoms with Crippen LogP contribution in [-0.2, 0) is 20.8 Å². The molecule has 1 aliphatic carbocycles. The topological polar surface area (TPSA) is 57.1 Å². The van der Waals surface area contributed by atoms with Crippen molar-refractivity contribution in [3.05, 3.63) is 41.7 Å². The maximum atomic E-state index is 10.9. The molecule has 5 nitrogen and oxygen atoms in total. The summed E-state index contributed by atoms with van der Waals surface area (Å²) >= 11 is 0. The summed E-state index contributed by atoms with van der Waals surface area (Å²) < 4.78 is 9.82. The van der Waals surface area contributed by atoms with Crippen LogP contribution in [-0.4, -0.2) is 25.9 Å². The van der Waals surface area contributed by atoms with Crippen molar-refractivity contribution in [3.63, 3.8) is 0 Å². The lowest BCUT2D eigenvalue weighted by molar-refractivity contribution is -0.135. The third-order valence-corrected chi connectivity index (χ3v) is 3.13. The molecule has 5 heteroatoms. The molecule has 0 atom stereocenters. The summed E-state index contributed by atoms with van der Waals surface area (Å²) in [5, 5.41) is 4.07. The number of ether oxygens (including phenoxy) is 2. The van der Waals surface area contributed by atoms with Crippen LogP contribution in [0.4, 0.5) is 0 Å². The standard InChI is InChI=1S/C15H17NO4/c1-18-14-8-4-5-11-12(14)6-3-7-13(11)16-20-10-9-15(17)19-2/h4-5,8-10H,3,6-7H2,1-2H3.